The third-order valence-corrected chi connectivity index (χ3v) is 6.29. The van der Waals surface area contributed by atoms with Crippen LogP contribution >= 0.6 is 12.4 Å². The molecule has 0 saturated heterocycles. The molecule has 4 N–H and O–H groups in total. The molecule has 0 amide bonds. The van der Waals surface area contributed by atoms with Crippen molar-refractivity contribution >= 4 is 50.0 Å². The van der Waals surface area contributed by atoms with Gasteiger partial charge in [0.1, 0.15) is 22.8 Å². The number of nitro groups is 1. The summed E-state index contributed by atoms with van der Waals surface area (Å²) in [5, 5.41) is 32.8. The van der Waals surface area contributed by atoms with Gasteiger partial charge in [-0.3, -0.25) is 14.7 Å². The lowest BCUT2D eigenvalue weighted by Crippen LogP contribution is -1.97. The van der Waals surface area contributed by atoms with Crippen molar-refractivity contribution in [2.75, 3.05) is 0 Å². The lowest BCUT2D eigenvalue weighted by Gasteiger charge is -2.06. The van der Waals surface area contributed by atoms with Crippen LogP contribution < -0.4 is 0 Å². The molecule has 5 aromatic rings. The van der Waals surface area contributed by atoms with Gasteiger partial charge in [0.2, 0.25) is 0 Å². The number of hydrogen-bond donors (Lipinski definition) is 4. The summed E-state index contributed by atoms with van der Waals surface area (Å²) in [7, 11) is -4.51. The van der Waals surface area contributed by atoms with Gasteiger partial charge in [-0.2, -0.15) is 8.42 Å². The standard InChI is InChI=1S/C23H15N3O7S.ClH/c27-19-10-13(12-2-1-3-15(8-12)26(29)30)4-6-17(19)23-24-18-7-5-14-9-16(34(31,32)33)11-20(28)21(14)22(18)25-23;/h1-11,27-28H,(H,24,25)(H,31,32,33);1H. The number of imidazole rings is 1. The highest BCUT2D eigenvalue weighted by atomic mass is 35.5. The molecule has 10 nitrogen and oxygen atoms in total. The highest BCUT2D eigenvalue weighted by Gasteiger charge is 2.18. The Bertz CT molecular complexity index is 1750. The van der Waals surface area contributed by atoms with E-state index in [-0.39, 0.29) is 35.0 Å². The van der Waals surface area contributed by atoms with Crippen LogP contribution in [0.4, 0.5) is 5.69 Å². The number of rotatable bonds is 4. The number of nitrogens with zero attached hydrogens (tertiary/aromatic N) is 2. The summed E-state index contributed by atoms with van der Waals surface area (Å²) in [5.74, 6) is -0.201. The number of hydrogen-bond acceptors (Lipinski definition) is 7. The van der Waals surface area contributed by atoms with E-state index < -0.39 is 19.9 Å². The van der Waals surface area contributed by atoms with Crippen LogP contribution in [0.5, 0.6) is 11.5 Å². The van der Waals surface area contributed by atoms with E-state index in [1.54, 1.807) is 36.4 Å². The second-order valence-corrected chi connectivity index (χ2v) is 9.02. The summed E-state index contributed by atoms with van der Waals surface area (Å²) in [6, 6.07) is 16.2. The Morgan fingerprint density at radius 1 is 0.914 bits per heavy atom. The Kier molecular flexibility index (Phi) is 5.85. The number of fused-ring (bicyclic) bond motifs is 3. The van der Waals surface area contributed by atoms with E-state index >= 15 is 0 Å². The second kappa shape index (κ2) is 8.55. The molecule has 35 heavy (non-hydrogen) atoms. The zero-order valence-corrected chi connectivity index (χ0v) is 19.2. The van der Waals surface area contributed by atoms with Crippen molar-refractivity contribution < 1.29 is 28.1 Å². The van der Waals surface area contributed by atoms with Crippen LogP contribution in [0, 0.1) is 10.1 Å². The molecule has 1 aromatic heterocycles. The number of aromatic hydroxyl groups is 2. The number of non-ortho nitro benzene ring substituents is 1. The van der Waals surface area contributed by atoms with Crippen molar-refractivity contribution in [1.82, 2.24) is 9.97 Å². The summed E-state index contributed by atoms with van der Waals surface area (Å²) in [6.45, 7) is 0. The minimum Gasteiger partial charge on any atom is -0.507 e. The molecule has 0 saturated carbocycles. The lowest BCUT2D eigenvalue weighted by molar-refractivity contribution is -0.384. The number of nitrogens with one attached hydrogen (secondary N) is 1. The third kappa shape index (κ3) is 4.23. The van der Waals surface area contributed by atoms with E-state index in [1.165, 1.54) is 24.3 Å². The van der Waals surface area contributed by atoms with E-state index in [4.69, 9.17) is 0 Å². The molecule has 0 radical (unpaired) electrons. The maximum absolute atomic E-state index is 11.5. The first-order chi connectivity index (χ1) is 16.1. The molecule has 0 atom stereocenters. The van der Waals surface area contributed by atoms with E-state index in [1.807, 2.05) is 0 Å². The fourth-order valence-corrected chi connectivity index (χ4v) is 4.41. The Morgan fingerprint density at radius 3 is 2.34 bits per heavy atom. The van der Waals surface area contributed by atoms with Gasteiger partial charge >= 0.3 is 0 Å². The zero-order chi connectivity index (χ0) is 24.2. The number of phenols is 2. The smallest absolute Gasteiger partial charge is 0.294 e. The molecular formula is C23H16ClN3O7S. The van der Waals surface area contributed by atoms with Crippen molar-refractivity contribution in [3.63, 3.8) is 0 Å². The van der Waals surface area contributed by atoms with E-state index in [2.05, 4.69) is 9.97 Å². The van der Waals surface area contributed by atoms with Crippen molar-refractivity contribution in [3.8, 4) is 34.0 Å². The zero-order valence-electron chi connectivity index (χ0n) is 17.5. The van der Waals surface area contributed by atoms with E-state index in [0.29, 0.717) is 38.9 Å². The van der Waals surface area contributed by atoms with E-state index in [0.717, 1.165) is 6.07 Å². The lowest BCUT2D eigenvalue weighted by atomic mass is 10.0. The van der Waals surface area contributed by atoms with Crippen LogP contribution in [0.15, 0.2) is 71.6 Å². The number of benzene rings is 4. The third-order valence-electron chi connectivity index (χ3n) is 5.46. The summed E-state index contributed by atoms with van der Waals surface area (Å²) >= 11 is 0. The summed E-state index contributed by atoms with van der Waals surface area (Å²) in [6.07, 6.45) is 0. The van der Waals surface area contributed by atoms with Gasteiger partial charge in [-0.1, -0.05) is 24.3 Å². The first-order valence-corrected chi connectivity index (χ1v) is 11.3. The van der Waals surface area contributed by atoms with Gasteiger partial charge in [0.15, 0.2) is 0 Å². The molecular weight excluding hydrogens is 498 g/mol. The number of H-pyrrole nitrogens is 1. The highest BCUT2D eigenvalue weighted by Crippen LogP contribution is 2.37. The van der Waals surface area contributed by atoms with Crippen molar-refractivity contribution in [1.29, 1.82) is 0 Å². The van der Waals surface area contributed by atoms with Gasteiger partial charge in [0.05, 0.1) is 26.3 Å². The average molecular weight is 514 g/mol. The molecule has 0 aliphatic carbocycles. The Morgan fingerprint density at radius 2 is 1.66 bits per heavy atom. The quantitative estimate of drug-likeness (QED) is 0.147. The van der Waals surface area contributed by atoms with Crippen LogP contribution in [0.3, 0.4) is 0 Å². The minimum atomic E-state index is -4.51. The maximum atomic E-state index is 11.5. The molecule has 0 spiro atoms. The van der Waals surface area contributed by atoms with Crippen LogP contribution in [-0.4, -0.2) is 38.1 Å². The van der Waals surface area contributed by atoms with Crippen molar-refractivity contribution in [2.24, 2.45) is 0 Å². The molecule has 0 aliphatic heterocycles. The number of halogens is 1. The predicted molar refractivity (Wildman–Crippen MR) is 132 cm³/mol. The number of phenolic OH excluding ortho intramolecular Hbond substituents is 2. The van der Waals surface area contributed by atoms with Gasteiger partial charge < -0.3 is 15.2 Å². The fraction of sp³-hybridized carbons (Fsp3) is 0. The summed E-state index contributed by atoms with van der Waals surface area (Å²) in [5.41, 5.74) is 2.29. The van der Waals surface area contributed by atoms with Crippen molar-refractivity contribution in [3.05, 3.63) is 76.8 Å². The van der Waals surface area contributed by atoms with Crippen molar-refractivity contribution in [2.45, 2.75) is 4.90 Å². The van der Waals surface area contributed by atoms with Gasteiger partial charge in [0.25, 0.3) is 15.8 Å². The van der Waals surface area contributed by atoms with Crippen LogP contribution in [0.25, 0.3) is 44.3 Å². The first kappa shape index (κ1) is 24.0. The monoisotopic (exact) mass is 513 g/mol. The molecule has 12 heteroatoms. The summed E-state index contributed by atoms with van der Waals surface area (Å²) in [4.78, 5) is 17.7. The Balaban J connectivity index is 0.00000289. The van der Waals surface area contributed by atoms with Crippen LogP contribution in [0.2, 0.25) is 0 Å². The fourth-order valence-electron chi connectivity index (χ4n) is 3.87. The molecule has 1 heterocycles. The topological polar surface area (TPSA) is 167 Å². The Hall–Kier alpha value is -4.19. The molecule has 178 valence electrons. The molecule has 4 aromatic carbocycles. The number of aromatic nitrogens is 2. The molecule has 0 unspecified atom stereocenters. The highest BCUT2D eigenvalue weighted by molar-refractivity contribution is 7.85. The second-order valence-electron chi connectivity index (χ2n) is 7.60. The predicted octanol–water partition coefficient (Wildman–Crippen LogP) is 5.04. The van der Waals surface area contributed by atoms with E-state index in [9.17, 15) is 33.3 Å². The Labute approximate surface area is 203 Å². The van der Waals surface area contributed by atoms with Crippen LogP contribution in [-0.2, 0) is 10.1 Å². The SMILES string of the molecule is Cl.O=[N+]([O-])c1cccc(-c2ccc(-c3nc4c(ccc5cc(S(=O)(=O)O)cc(O)c54)[nH]3)c(O)c2)c1. The van der Waals surface area contributed by atoms with Gasteiger partial charge in [0, 0.05) is 18.2 Å². The average Bonchev–Trinajstić information content (AvgIpc) is 3.22. The van der Waals surface area contributed by atoms with Gasteiger partial charge in [-0.05, 0) is 40.8 Å². The summed E-state index contributed by atoms with van der Waals surface area (Å²) < 4.78 is 32.2. The van der Waals surface area contributed by atoms with Crippen LogP contribution in [0.1, 0.15) is 0 Å². The number of aromatic amines is 1. The number of nitro benzene ring substituents is 1. The molecule has 0 bridgehead atoms. The molecule has 0 aliphatic rings. The maximum Gasteiger partial charge on any atom is 0.294 e. The first-order valence-electron chi connectivity index (χ1n) is 9.83. The normalized spacial score (nSPS) is 11.5. The minimum absolute atomic E-state index is 0. The largest absolute Gasteiger partial charge is 0.507 e. The van der Waals surface area contributed by atoms with Gasteiger partial charge in [-0.15, -0.1) is 12.4 Å². The van der Waals surface area contributed by atoms with Gasteiger partial charge in [-0.25, -0.2) is 4.98 Å². The molecule has 0 fully saturated rings. The molecule has 5 rings (SSSR count).